The van der Waals surface area contributed by atoms with E-state index in [0.717, 1.165) is 11.1 Å². The molecule has 2 rings (SSSR count). The molecule has 0 fully saturated rings. The Hall–Kier alpha value is -2.36. The Balaban J connectivity index is 2.20. The van der Waals surface area contributed by atoms with E-state index in [9.17, 15) is 9.18 Å². The zero-order chi connectivity index (χ0) is 15.6. The van der Waals surface area contributed by atoms with Gasteiger partial charge in [-0.15, -0.1) is 0 Å². The van der Waals surface area contributed by atoms with Gasteiger partial charge in [0, 0.05) is 16.8 Å². The number of halogens is 1. The Morgan fingerprint density at radius 2 is 1.90 bits per heavy atom. The molecule has 4 heteroatoms. The van der Waals surface area contributed by atoms with Crippen LogP contribution in [0, 0.1) is 19.7 Å². The van der Waals surface area contributed by atoms with E-state index in [1.165, 1.54) is 12.1 Å². The van der Waals surface area contributed by atoms with Crippen molar-refractivity contribution >= 4 is 11.6 Å². The maximum Gasteiger partial charge on any atom is 0.251 e. The van der Waals surface area contributed by atoms with Gasteiger partial charge in [0.05, 0.1) is 6.04 Å². The first-order chi connectivity index (χ1) is 9.90. The van der Waals surface area contributed by atoms with Gasteiger partial charge in [0.2, 0.25) is 0 Å². The first-order valence-corrected chi connectivity index (χ1v) is 6.82. The summed E-state index contributed by atoms with van der Waals surface area (Å²) in [7, 11) is 0. The van der Waals surface area contributed by atoms with E-state index in [1.807, 2.05) is 38.1 Å². The van der Waals surface area contributed by atoms with Gasteiger partial charge >= 0.3 is 0 Å². The van der Waals surface area contributed by atoms with Crippen molar-refractivity contribution in [1.82, 2.24) is 5.32 Å². The molecule has 2 aromatic rings. The highest BCUT2D eigenvalue weighted by molar-refractivity contribution is 5.95. The van der Waals surface area contributed by atoms with Crippen molar-refractivity contribution in [3.05, 3.63) is 64.5 Å². The summed E-state index contributed by atoms with van der Waals surface area (Å²) in [5.41, 5.74) is 8.71. The summed E-state index contributed by atoms with van der Waals surface area (Å²) in [6, 6.07) is 10.4. The summed E-state index contributed by atoms with van der Waals surface area (Å²) in [6.07, 6.45) is 0. The van der Waals surface area contributed by atoms with Crippen LogP contribution in [0.2, 0.25) is 0 Å². The maximum absolute atomic E-state index is 13.7. The lowest BCUT2D eigenvalue weighted by atomic mass is 10.0. The molecule has 2 aromatic carbocycles. The Kier molecular flexibility index (Phi) is 4.26. The molecule has 3 N–H and O–H groups in total. The van der Waals surface area contributed by atoms with Crippen LogP contribution in [-0.2, 0) is 0 Å². The molecule has 3 nitrogen and oxygen atoms in total. The van der Waals surface area contributed by atoms with Crippen molar-refractivity contribution in [2.75, 3.05) is 5.73 Å². The molecular weight excluding hydrogens is 267 g/mol. The van der Waals surface area contributed by atoms with Crippen LogP contribution in [0.25, 0.3) is 0 Å². The van der Waals surface area contributed by atoms with Crippen molar-refractivity contribution < 1.29 is 9.18 Å². The molecule has 0 spiro atoms. The summed E-state index contributed by atoms with van der Waals surface area (Å²) in [5.74, 6) is -0.806. The first kappa shape index (κ1) is 15.0. The third-order valence-electron chi connectivity index (χ3n) is 3.65. The largest absolute Gasteiger partial charge is 0.398 e. The van der Waals surface area contributed by atoms with Gasteiger partial charge in [0.15, 0.2) is 0 Å². The van der Waals surface area contributed by atoms with E-state index in [0.29, 0.717) is 5.56 Å². The molecule has 0 aromatic heterocycles. The van der Waals surface area contributed by atoms with Gasteiger partial charge in [-0.3, -0.25) is 4.79 Å². The van der Waals surface area contributed by atoms with Gasteiger partial charge in [-0.1, -0.05) is 24.3 Å². The Morgan fingerprint density at radius 1 is 1.24 bits per heavy atom. The number of benzene rings is 2. The van der Waals surface area contributed by atoms with E-state index in [-0.39, 0.29) is 23.2 Å². The van der Waals surface area contributed by atoms with Crippen LogP contribution in [0.5, 0.6) is 0 Å². The van der Waals surface area contributed by atoms with E-state index >= 15 is 0 Å². The molecule has 0 bridgehead atoms. The monoisotopic (exact) mass is 286 g/mol. The van der Waals surface area contributed by atoms with Crippen molar-refractivity contribution in [3.63, 3.8) is 0 Å². The minimum absolute atomic E-state index is 0.163. The minimum Gasteiger partial charge on any atom is -0.398 e. The standard InChI is InChI=1S/C17H19FN2O/c1-10-6-4-5-7-14(10)12(3)20-17(21)13-8-15(18)11(2)16(19)9-13/h4-9,12H,19H2,1-3H3,(H,20,21). The Labute approximate surface area is 124 Å². The third-order valence-corrected chi connectivity index (χ3v) is 3.65. The van der Waals surface area contributed by atoms with E-state index in [4.69, 9.17) is 5.73 Å². The predicted molar refractivity (Wildman–Crippen MR) is 82.6 cm³/mol. The molecule has 0 aliphatic carbocycles. The average Bonchev–Trinajstić information content (AvgIpc) is 2.44. The number of anilines is 1. The third kappa shape index (κ3) is 3.21. The molecule has 0 heterocycles. The fourth-order valence-corrected chi connectivity index (χ4v) is 2.26. The molecule has 110 valence electrons. The lowest BCUT2D eigenvalue weighted by molar-refractivity contribution is 0.0939. The predicted octanol–water partition coefficient (Wildman–Crippen LogP) is 3.52. The number of aryl methyl sites for hydroxylation is 1. The SMILES string of the molecule is Cc1ccccc1C(C)NC(=O)c1cc(N)c(C)c(F)c1. The smallest absolute Gasteiger partial charge is 0.251 e. The van der Waals surface area contributed by atoms with Crippen molar-refractivity contribution in [1.29, 1.82) is 0 Å². The second-order valence-electron chi connectivity index (χ2n) is 5.22. The summed E-state index contributed by atoms with van der Waals surface area (Å²) in [5, 5.41) is 2.87. The topological polar surface area (TPSA) is 55.1 Å². The number of nitrogen functional groups attached to an aromatic ring is 1. The lowest BCUT2D eigenvalue weighted by Crippen LogP contribution is -2.27. The highest BCUT2D eigenvalue weighted by Crippen LogP contribution is 2.20. The Morgan fingerprint density at radius 3 is 2.52 bits per heavy atom. The van der Waals surface area contributed by atoms with Gasteiger partial charge < -0.3 is 11.1 Å². The van der Waals surface area contributed by atoms with Crippen LogP contribution in [0.1, 0.15) is 40.0 Å². The maximum atomic E-state index is 13.7. The second kappa shape index (κ2) is 5.95. The van der Waals surface area contributed by atoms with Crippen molar-refractivity contribution in [2.24, 2.45) is 0 Å². The number of hydrogen-bond acceptors (Lipinski definition) is 2. The Bertz CT molecular complexity index is 659. The van der Waals surface area contributed by atoms with Crippen LogP contribution in [0.3, 0.4) is 0 Å². The molecule has 0 saturated carbocycles. The number of nitrogens with two attached hydrogens (primary N) is 1. The van der Waals surface area contributed by atoms with Gasteiger partial charge in [0.25, 0.3) is 5.91 Å². The molecule has 0 aliphatic rings. The molecule has 21 heavy (non-hydrogen) atoms. The quantitative estimate of drug-likeness (QED) is 0.848. The highest BCUT2D eigenvalue weighted by atomic mass is 19.1. The summed E-state index contributed by atoms with van der Waals surface area (Å²) in [6.45, 7) is 5.47. The van der Waals surface area contributed by atoms with Crippen LogP contribution in [-0.4, -0.2) is 5.91 Å². The van der Waals surface area contributed by atoms with Crippen LogP contribution >= 0.6 is 0 Å². The molecule has 1 atom stereocenters. The molecule has 0 aliphatic heterocycles. The molecule has 1 amide bonds. The average molecular weight is 286 g/mol. The highest BCUT2D eigenvalue weighted by Gasteiger charge is 2.15. The normalized spacial score (nSPS) is 12.0. The fourth-order valence-electron chi connectivity index (χ4n) is 2.26. The van der Waals surface area contributed by atoms with E-state index < -0.39 is 5.82 Å². The van der Waals surface area contributed by atoms with Gasteiger partial charge in [-0.2, -0.15) is 0 Å². The van der Waals surface area contributed by atoms with Gasteiger partial charge in [-0.25, -0.2) is 4.39 Å². The summed E-state index contributed by atoms with van der Waals surface area (Å²) in [4.78, 5) is 12.2. The molecule has 0 saturated heterocycles. The second-order valence-corrected chi connectivity index (χ2v) is 5.22. The zero-order valence-corrected chi connectivity index (χ0v) is 12.4. The van der Waals surface area contributed by atoms with Gasteiger partial charge in [-0.05, 0) is 44.0 Å². The first-order valence-electron chi connectivity index (χ1n) is 6.82. The summed E-state index contributed by atoms with van der Waals surface area (Å²) >= 11 is 0. The number of amides is 1. The van der Waals surface area contributed by atoms with E-state index in [2.05, 4.69) is 5.32 Å². The minimum atomic E-state index is -0.469. The van der Waals surface area contributed by atoms with Crippen LogP contribution < -0.4 is 11.1 Å². The van der Waals surface area contributed by atoms with E-state index in [1.54, 1.807) is 6.92 Å². The number of rotatable bonds is 3. The van der Waals surface area contributed by atoms with Crippen molar-refractivity contribution in [3.8, 4) is 0 Å². The number of nitrogens with one attached hydrogen (secondary N) is 1. The van der Waals surface area contributed by atoms with Crippen LogP contribution in [0.4, 0.5) is 10.1 Å². The van der Waals surface area contributed by atoms with Crippen molar-refractivity contribution in [2.45, 2.75) is 26.8 Å². The fraction of sp³-hybridized carbons (Fsp3) is 0.235. The molecule has 1 unspecified atom stereocenters. The van der Waals surface area contributed by atoms with Crippen LogP contribution in [0.15, 0.2) is 36.4 Å². The lowest BCUT2D eigenvalue weighted by Gasteiger charge is -2.17. The van der Waals surface area contributed by atoms with Gasteiger partial charge in [0.1, 0.15) is 5.82 Å². The molecule has 0 radical (unpaired) electrons. The number of carbonyl (C=O) groups is 1. The number of hydrogen-bond donors (Lipinski definition) is 2. The number of carbonyl (C=O) groups excluding carboxylic acids is 1. The summed E-state index contributed by atoms with van der Waals surface area (Å²) < 4.78 is 13.7. The zero-order valence-electron chi connectivity index (χ0n) is 12.4. The molecular formula is C17H19FN2O.